The van der Waals surface area contributed by atoms with Crippen molar-refractivity contribution >= 4 is 0 Å². The molecule has 1 aliphatic rings. The summed E-state index contributed by atoms with van der Waals surface area (Å²) < 4.78 is 0. The van der Waals surface area contributed by atoms with Crippen molar-refractivity contribution in [1.82, 2.24) is 15.1 Å². The summed E-state index contributed by atoms with van der Waals surface area (Å²) in [5, 5.41) is 3.61. The van der Waals surface area contributed by atoms with Gasteiger partial charge in [-0.15, -0.1) is 0 Å². The van der Waals surface area contributed by atoms with Gasteiger partial charge >= 0.3 is 0 Å². The predicted molar refractivity (Wildman–Crippen MR) is 89.3 cm³/mol. The van der Waals surface area contributed by atoms with Crippen LogP contribution in [0.15, 0.2) is 0 Å². The fourth-order valence-electron chi connectivity index (χ4n) is 3.04. The summed E-state index contributed by atoms with van der Waals surface area (Å²) in [7, 11) is 4.29. The van der Waals surface area contributed by atoms with Gasteiger partial charge in [-0.25, -0.2) is 0 Å². The summed E-state index contributed by atoms with van der Waals surface area (Å²) >= 11 is 0. The summed E-state index contributed by atoms with van der Waals surface area (Å²) in [6.45, 7) is 10.7. The monoisotopic (exact) mass is 283 g/mol. The van der Waals surface area contributed by atoms with E-state index < -0.39 is 0 Å². The van der Waals surface area contributed by atoms with Gasteiger partial charge in [-0.3, -0.25) is 4.90 Å². The van der Waals surface area contributed by atoms with Gasteiger partial charge in [0.15, 0.2) is 0 Å². The second-order valence-electron chi connectivity index (χ2n) is 7.06. The first-order valence-electron chi connectivity index (χ1n) is 8.69. The van der Waals surface area contributed by atoms with Gasteiger partial charge in [0.1, 0.15) is 0 Å². The van der Waals surface area contributed by atoms with Gasteiger partial charge in [0, 0.05) is 19.1 Å². The molecule has 0 unspecified atom stereocenters. The Bertz CT molecular complexity index is 222. The number of rotatable bonds is 11. The lowest BCUT2D eigenvalue weighted by atomic mass is 10.1. The molecule has 0 radical (unpaired) electrons. The zero-order valence-corrected chi connectivity index (χ0v) is 14.3. The van der Waals surface area contributed by atoms with Crippen molar-refractivity contribution in [3.63, 3.8) is 0 Å². The molecule has 20 heavy (non-hydrogen) atoms. The topological polar surface area (TPSA) is 18.5 Å². The molecule has 1 aliphatic carbocycles. The van der Waals surface area contributed by atoms with Crippen LogP contribution in [-0.2, 0) is 0 Å². The summed E-state index contributed by atoms with van der Waals surface area (Å²) in [5.74, 6) is 0.826. The average Bonchev–Trinajstić information content (AvgIpc) is 2.90. The molecule has 0 aromatic carbocycles. The number of hydrogen-bond acceptors (Lipinski definition) is 3. The maximum absolute atomic E-state index is 3.61. The molecule has 0 spiro atoms. The molecule has 0 saturated heterocycles. The molecule has 1 N–H and O–H groups in total. The highest BCUT2D eigenvalue weighted by atomic mass is 15.2. The highest BCUT2D eigenvalue weighted by Crippen LogP contribution is 2.23. The molecule has 0 heterocycles. The first kappa shape index (κ1) is 17.9. The van der Waals surface area contributed by atoms with E-state index in [1.165, 1.54) is 58.2 Å². The van der Waals surface area contributed by atoms with Crippen LogP contribution in [0.3, 0.4) is 0 Å². The third-order valence-corrected chi connectivity index (χ3v) is 4.37. The smallest absolute Gasteiger partial charge is 0.0110 e. The molecular formula is C17H37N3. The summed E-state index contributed by atoms with van der Waals surface area (Å²) in [4.78, 5) is 5.01. The number of hydrogen-bond donors (Lipinski definition) is 1. The van der Waals surface area contributed by atoms with E-state index in [0.717, 1.165) is 25.0 Å². The quantitative estimate of drug-likeness (QED) is 0.588. The standard InChI is InChI=1S/C17H37N3/c1-16(2)10-14-20(17-8-5-6-9-17)15-12-18-11-7-13-19(3)4/h16-18H,5-15H2,1-4H3. The summed E-state index contributed by atoms with van der Waals surface area (Å²) in [6.07, 6.45) is 8.34. The lowest BCUT2D eigenvalue weighted by molar-refractivity contribution is 0.188. The maximum atomic E-state index is 3.61. The number of nitrogens with one attached hydrogen (secondary N) is 1. The van der Waals surface area contributed by atoms with E-state index in [4.69, 9.17) is 0 Å². The van der Waals surface area contributed by atoms with Crippen molar-refractivity contribution in [2.24, 2.45) is 5.92 Å². The van der Waals surface area contributed by atoms with Gasteiger partial charge in [0.05, 0.1) is 0 Å². The van der Waals surface area contributed by atoms with Crippen molar-refractivity contribution in [2.75, 3.05) is 46.8 Å². The van der Waals surface area contributed by atoms with Crippen LogP contribution in [0, 0.1) is 5.92 Å². The molecule has 0 atom stereocenters. The fraction of sp³-hybridized carbons (Fsp3) is 1.00. The molecule has 0 aliphatic heterocycles. The molecule has 1 fully saturated rings. The molecular weight excluding hydrogens is 246 g/mol. The van der Waals surface area contributed by atoms with Crippen LogP contribution < -0.4 is 5.32 Å². The van der Waals surface area contributed by atoms with E-state index in [1.807, 2.05) is 0 Å². The fourth-order valence-corrected chi connectivity index (χ4v) is 3.04. The Morgan fingerprint density at radius 3 is 2.30 bits per heavy atom. The van der Waals surface area contributed by atoms with Crippen molar-refractivity contribution in [3.8, 4) is 0 Å². The van der Waals surface area contributed by atoms with E-state index in [1.54, 1.807) is 0 Å². The highest BCUT2D eigenvalue weighted by molar-refractivity contribution is 4.78. The molecule has 3 heteroatoms. The van der Waals surface area contributed by atoms with Crippen LogP contribution >= 0.6 is 0 Å². The Morgan fingerprint density at radius 1 is 1.00 bits per heavy atom. The van der Waals surface area contributed by atoms with Crippen molar-refractivity contribution in [1.29, 1.82) is 0 Å². The van der Waals surface area contributed by atoms with Crippen molar-refractivity contribution in [3.05, 3.63) is 0 Å². The zero-order chi connectivity index (χ0) is 14.8. The molecule has 0 aromatic rings. The average molecular weight is 284 g/mol. The summed E-state index contributed by atoms with van der Waals surface area (Å²) in [5.41, 5.74) is 0. The second-order valence-corrected chi connectivity index (χ2v) is 7.06. The van der Waals surface area contributed by atoms with Gasteiger partial charge in [-0.2, -0.15) is 0 Å². The largest absolute Gasteiger partial charge is 0.315 e. The van der Waals surface area contributed by atoms with Gasteiger partial charge in [-0.05, 0) is 65.3 Å². The first-order valence-corrected chi connectivity index (χ1v) is 8.69. The minimum atomic E-state index is 0.826. The molecule has 3 nitrogen and oxygen atoms in total. The summed E-state index contributed by atoms with van der Waals surface area (Å²) in [6, 6.07) is 0.873. The Labute approximate surface area is 127 Å². The molecule has 1 rings (SSSR count). The van der Waals surface area contributed by atoms with Crippen LogP contribution in [0.1, 0.15) is 52.4 Å². The van der Waals surface area contributed by atoms with Gasteiger partial charge in [0.2, 0.25) is 0 Å². The molecule has 120 valence electrons. The van der Waals surface area contributed by atoms with E-state index in [-0.39, 0.29) is 0 Å². The molecule has 1 saturated carbocycles. The van der Waals surface area contributed by atoms with Gasteiger partial charge < -0.3 is 10.2 Å². The normalized spacial score (nSPS) is 16.9. The van der Waals surface area contributed by atoms with E-state index in [0.29, 0.717) is 0 Å². The SMILES string of the molecule is CC(C)CCN(CCNCCCN(C)C)C1CCCC1. The van der Waals surface area contributed by atoms with Crippen LogP contribution in [0.25, 0.3) is 0 Å². The first-order chi connectivity index (χ1) is 9.59. The molecule has 0 aromatic heterocycles. The van der Waals surface area contributed by atoms with E-state index in [9.17, 15) is 0 Å². The zero-order valence-electron chi connectivity index (χ0n) is 14.3. The maximum Gasteiger partial charge on any atom is 0.0110 e. The van der Waals surface area contributed by atoms with Gasteiger partial charge in [0.25, 0.3) is 0 Å². The van der Waals surface area contributed by atoms with E-state index >= 15 is 0 Å². The minimum absolute atomic E-state index is 0.826. The Kier molecular flexibility index (Phi) is 9.49. The number of nitrogens with zero attached hydrogens (tertiary/aromatic N) is 2. The lowest BCUT2D eigenvalue weighted by Crippen LogP contribution is -2.40. The lowest BCUT2D eigenvalue weighted by Gasteiger charge is -2.29. The van der Waals surface area contributed by atoms with Crippen LogP contribution in [0.4, 0.5) is 0 Å². The van der Waals surface area contributed by atoms with E-state index in [2.05, 4.69) is 43.1 Å². The minimum Gasteiger partial charge on any atom is -0.315 e. The second kappa shape index (κ2) is 10.6. The van der Waals surface area contributed by atoms with Crippen LogP contribution in [0.5, 0.6) is 0 Å². The van der Waals surface area contributed by atoms with Crippen molar-refractivity contribution < 1.29 is 0 Å². The van der Waals surface area contributed by atoms with Crippen LogP contribution in [0.2, 0.25) is 0 Å². The Morgan fingerprint density at radius 2 is 1.70 bits per heavy atom. The van der Waals surface area contributed by atoms with Gasteiger partial charge in [-0.1, -0.05) is 26.7 Å². The van der Waals surface area contributed by atoms with Crippen molar-refractivity contribution in [2.45, 2.75) is 58.4 Å². The Hall–Kier alpha value is -0.120. The molecule has 0 bridgehead atoms. The Balaban J connectivity index is 2.15. The third-order valence-electron chi connectivity index (χ3n) is 4.37. The molecule has 0 amide bonds. The predicted octanol–water partition coefficient (Wildman–Crippen LogP) is 2.82. The third kappa shape index (κ3) is 8.23. The highest BCUT2D eigenvalue weighted by Gasteiger charge is 2.21. The van der Waals surface area contributed by atoms with Crippen LogP contribution in [-0.4, -0.2) is 62.7 Å².